The molecule has 2 aliphatic rings. The number of carbonyl (C=O) groups excluding carboxylic acids is 1. The van der Waals surface area contributed by atoms with Gasteiger partial charge in [0.2, 0.25) is 0 Å². The average molecular weight is 303 g/mol. The molecule has 1 atom stereocenters. The molecule has 1 aliphatic carbocycles. The molecule has 1 aromatic rings. The van der Waals surface area contributed by atoms with Crippen LogP contribution in [-0.2, 0) is 0 Å². The normalized spacial score (nSPS) is 21.3. The predicted octanol–water partition coefficient (Wildman–Crippen LogP) is 1.65. The summed E-state index contributed by atoms with van der Waals surface area (Å²) in [6, 6.07) is 10.1. The second-order valence-electron chi connectivity index (χ2n) is 6.31. The van der Waals surface area contributed by atoms with Crippen LogP contribution in [0, 0.1) is 0 Å². The highest BCUT2D eigenvalue weighted by molar-refractivity contribution is 5.74. The number of benzene rings is 1. The van der Waals surface area contributed by atoms with Crippen molar-refractivity contribution >= 4 is 6.03 Å². The van der Waals surface area contributed by atoms with Crippen LogP contribution < -0.4 is 10.6 Å². The Morgan fingerprint density at radius 3 is 2.45 bits per heavy atom. The lowest BCUT2D eigenvalue weighted by molar-refractivity contribution is 0.181. The van der Waals surface area contributed by atoms with E-state index in [1.807, 2.05) is 30.3 Å². The van der Waals surface area contributed by atoms with E-state index in [1.54, 1.807) is 0 Å². The summed E-state index contributed by atoms with van der Waals surface area (Å²) in [5.41, 5.74) is 0.920. The zero-order valence-electron chi connectivity index (χ0n) is 12.9. The Balaban J connectivity index is 1.45. The highest BCUT2D eigenvalue weighted by Crippen LogP contribution is 2.29. The summed E-state index contributed by atoms with van der Waals surface area (Å²) in [5, 5.41) is 15.4. The number of hydrogen-bond donors (Lipinski definition) is 3. The van der Waals surface area contributed by atoms with Gasteiger partial charge < -0.3 is 20.6 Å². The van der Waals surface area contributed by atoms with Crippen molar-refractivity contribution in [3.05, 3.63) is 35.9 Å². The van der Waals surface area contributed by atoms with Crippen LogP contribution in [0.2, 0.25) is 0 Å². The lowest BCUT2D eigenvalue weighted by Gasteiger charge is -2.32. The minimum atomic E-state index is -0.354. The van der Waals surface area contributed by atoms with Gasteiger partial charge in [0.05, 0.1) is 12.6 Å². The first-order chi connectivity index (χ1) is 10.8. The van der Waals surface area contributed by atoms with Gasteiger partial charge in [0.15, 0.2) is 0 Å². The summed E-state index contributed by atoms with van der Waals surface area (Å²) in [7, 11) is 0. The maximum atomic E-state index is 12.1. The van der Waals surface area contributed by atoms with Crippen molar-refractivity contribution in [3.8, 4) is 0 Å². The van der Waals surface area contributed by atoms with E-state index in [2.05, 4.69) is 15.5 Å². The molecule has 5 heteroatoms. The molecule has 1 saturated heterocycles. The lowest BCUT2D eigenvalue weighted by atomic mass is 10.0. The first kappa shape index (κ1) is 15.3. The summed E-state index contributed by atoms with van der Waals surface area (Å²) < 4.78 is 0. The Kier molecular flexibility index (Phi) is 4.95. The molecular formula is C17H25N3O2. The van der Waals surface area contributed by atoms with Gasteiger partial charge >= 0.3 is 6.03 Å². The fraction of sp³-hybridized carbons (Fsp3) is 0.588. The van der Waals surface area contributed by atoms with E-state index in [1.165, 1.54) is 12.8 Å². The largest absolute Gasteiger partial charge is 0.394 e. The minimum Gasteiger partial charge on any atom is -0.394 e. The molecule has 2 amide bonds. The number of nitrogens with zero attached hydrogens (tertiary/aromatic N) is 1. The number of hydrogen-bond acceptors (Lipinski definition) is 3. The molecule has 22 heavy (non-hydrogen) atoms. The number of rotatable bonds is 5. The molecule has 1 saturated carbocycles. The van der Waals surface area contributed by atoms with Crippen LogP contribution in [0.25, 0.3) is 0 Å². The van der Waals surface area contributed by atoms with Crippen LogP contribution in [0.5, 0.6) is 0 Å². The molecule has 1 aromatic carbocycles. The molecule has 2 fully saturated rings. The second kappa shape index (κ2) is 7.11. The van der Waals surface area contributed by atoms with Crippen molar-refractivity contribution in [3.63, 3.8) is 0 Å². The SMILES string of the molecule is O=C(NC1CCN(C2CC2)CC1)NC(CO)c1ccccc1. The standard InChI is InChI=1S/C17H25N3O2/c21-12-16(13-4-2-1-3-5-13)19-17(22)18-14-8-10-20(11-9-14)15-6-7-15/h1-5,14-16,21H,6-12H2,(H2,18,19,22). The monoisotopic (exact) mass is 303 g/mol. The minimum absolute atomic E-state index is 0.0996. The first-order valence-electron chi connectivity index (χ1n) is 8.23. The van der Waals surface area contributed by atoms with Crippen molar-refractivity contribution in [1.82, 2.24) is 15.5 Å². The molecular weight excluding hydrogens is 278 g/mol. The third-order valence-electron chi connectivity index (χ3n) is 4.62. The van der Waals surface area contributed by atoms with Crippen LogP contribution in [0.4, 0.5) is 4.79 Å². The molecule has 0 aromatic heterocycles. The van der Waals surface area contributed by atoms with Crippen LogP contribution in [0.3, 0.4) is 0 Å². The van der Waals surface area contributed by atoms with Gasteiger partial charge in [-0.25, -0.2) is 4.79 Å². The number of urea groups is 1. The Labute approximate surface area is 131 Å². The van der Waals surface area contributed by atoms with Gasteiger partial charge in [-0.3, -0.25) is 0 Å². The van der Waals surface area contributed by atoms with E-state index in [0.29, 0.717) is 0 Å². The highest BCUT2D eigenvalue weighted by Gasteiger charge is 2.32. The third kappa shape index (κ3) is 3.99. The zero-order chi connectivity index (χ0) is 15.4. The number of piperidine rings is 1. The topological polar surface area (TPSA) is 64.6 Å². The Bertz CT molecular complexity index is 482. The zero-order valence-corrected chi connectivity index (χ0v) is 12.9. The van der Waals surface area contributed by atoms with Crippen LogP contribution >= 0.6 is 0 Å². The number of amides is 2. The quantitative estimate of drug-likeness (QED) is 0.775. The van der Waals surface area contributed by atoms with E-state index in [0.717, 1.165) is 37.5 Å². The van der Waals surface area contributed by atoms with E-state index >= 15 is 0 Å². The molecule has 1 heterocycles. The number of aliphatic hydroxyl groups excluding tert-OH is 1. The summed E-state index contributed by atoms with van der Waals surface area (Å²) >= 11 is 0. The number of aliphatic hydroxyl groups is 1. The van der Waals surface area contributed by atoms with Gasteiger partial charge in [-0.15, -0.1) is 0 Å². The van der Waals surface area contributed by atoms with Crippen molar-refractivity contribution < 1.29 is 9.90 Å². The molecule has 0 radical (unpaired) electrons. The van der Waals surface area contributed by atoms with Gasteiger partial charge in [-0.2, -0.15) is 0 Å². The van der Waals surface area contributed by atoms with Gasteiger partial charge in [-0.05, 0) is 31.2 Å². The number of likely N-dealkylation sites (tertiary alicyclic amines) is 1. The summed E-state index contributed by atoms with van der Waals surface area (Å²) in [4.78, 5) is 14.7. The molecule has 3 rings (SSSR count). The van der Waals surface area contributed by atoms with Crippen LogP contribution in [0.15, 0.2) is 30.3 Å². The highest BCUT2D eigenvalue weighted by atomic mass is 16.3. The van der Waals surface area contributed by atoms with Gasteiger partial charge in [0.25, 0.3) is 0 Å². The third-order valence-corrected chi connectivity index (χ3v) is 4.62. The Hall–Kier alpha value is -1.59. The summed E-state index contributed by atoms with van der Waals surface area (Å²) in [6.45, 7) is 2.06. The second-order valence-corrected chi connectivity index (χ2v) is 6.31. The first-order valence-corrected chi connectivity index (χ1v) is 8.23. The molecule has 120 valence electrons. The fourth-order valence-corrected chi connectivity index (χ4v) is 3.15. The Morgan fingerprint density at radius 1 is 1.18 bits per heavy atom. The van der Waals surface area contributed by atoms with Crippen LogP contribution in [-0.4, -0.2) is 47.8 Å². The van der Waals surface area contributed by atoms with Crippen molar-refractivity contribution in [2.24, 2.45) is 0 Å². The summed E-state index contributed by atoms with van der Waals surface area (Å²) in [5.74, 6) is 0. The molecule has 1 unspecified atom stereocenters. The number of nitrogens with one attached hydrogen (secondary N) is 2. The van der Waals surface area contributed by atoms with Gasteiger partial charge in [0.1, 0.15) is 0 Å². The fourth-order valence-electron chi connectivity index (χ4n) is 3.15. The molecule has 0 bridgehead atoms. The number of carbonyl (C=O) groups is 1. The predicted molar refractivity (Wildman–Crippen MR) is 85.6 cm³/mol. The smallest absolute Gasteiger partial charge is 0.315 e. The van der Waals surface area contributed by atoms with E-state index < -0.39 is 0 Å². The van der Waals surface area contributed by atoms with Crippen molar-refractivity contribution in [2.75, 3.05) is 19.7 Å². The average Bonchev–Trinajstić information content (AvgIpc) is 3.39. The van der Waals surface area contributed by atoms with E-state index in [-0.39, 0.29) is 24.7 Å². The van der Waals surface area contributed by atoms with Crippen molar-refractivity contribution in [2.45, 2.75) is 43.8 Å². The molecule has 5 nitrogen and oxygen atoms in total. The van der Waals surface area contributed by atoms with Gasteiger partial charge in [-0.1, -0.05) is 30.3 Å². The van der Waals surface area contributed by atoms with Gasteiger partial charge in [0, 0.05) is 25.2 Å². The molecule has 0 spiro atoms. The maximum absolute atomic E-state index is 12.1. The lowest BCUT2D eigenvalue weighted by Crippen LogP contribution is -2.49. The Morgan fingerprint density at radius 2 is 1.86 bits per heavy atom. The molecule has 3 N–H and O–H groups in total. The van der Waals surface area contributed by atoms with Crippen LogP contribution in [0.1, 0.15) is 37.3 Å². The van der Waals surface area contributed by atoms with E-state index in [9.17, 15) is 9.90 Å². The maximum Gasteiger partial charge on any atom is 0.315 e. The molecule has 1 aliphatic heterocycles. The van der Waals surface area contributed by atoms with Crippen molar-refractivity contribution in [1.29, 1.82) is 0 Å². The van der Waals surface area contributed by atoms with E-state index in [4.69, 9.17) is 0 Å². The summed E-state index contributed by atoms with van der Waals surface area (Å²) in [6.07, 6.45) is 4.71.